The van der Waals surface area contributed by atoms with Crippen molar-refractivity contribution in [1.82, 2.24) is 10.2 Å². The third kappa shape index (κ3) is 7.51. The largest absolute Gasteiger partial charge is 0.392 e. The van der Waals surface area contributed by atoms with Gasteiger partial charge in [-0.3, -0.25) is 0 Å². The van der Waals surface area contributed by atoms with Crippen LogP contribution in [0.1, 0.15) is 74.5 Å². The molecule has 7 nitrogen and oxygen atoms in total. The quantitative estimate of drug-likeness (QED) is 0.511. The number of carbonyl (C=O) groups is 1. The third-order valence-corrected chi connectivity index (χ3v) is 6.78. The first-order valence-corrected chi connectivity index (χ1v) is 13.0. The Kier molecular flexibility index (Phi) is 9.54. The van der Waals surface area contributed by atoms with E-state index in [4.69, 9.17) is 9.47 Å². The van der Waals surface area contributed by atoms with Gasteiger partial charge in [0.05, 0.1) is 18.8 Å². The van der Waals surface area contributed by atoms with Gasteiger partial charge < -0.3 is 30.1 Å². The summed E-state index contributed by atoms with van der Waals surface area (Å²) >= 11 is 0. The van der Waals surface area contributed by atoms with Gasteiger partial charge in [-0.25, -0.2) is 4.79 Å². The van der Waals surface area contributed by atoms with Gasteiger partial charge in [-0.15, -0.1) is 0 Å². The number of hydrogen-bond acceptors (Lipinski definition) is 5. The molecule has 0 saturated carbocycles. The zero-order valence-electron chi connectivity index (χ0n) is 20.7. The molecule has 190 valence electrons. The van der Waals surface area contributed by atoms with E-state index in [1.807, 2.05) is 55.5 Å². The summed E-state index contributed by atoms with van der Waals surface area (Å²) in [6.45, 7) is 5.61. The molecule has 2 aliphatic rings. The number of aliphatic hydroxyl groups excluding tert-OH is 1. The lowest BCUT2D eigenvalue weighted by Gasteiger charge is -2.39. The van der Waals surface area contributed by atoms with Crippen LogP contribution in [0.25, 0.3) is 0 Å². The Hall–Kier alpha value is -2.45. The van der Waals surface area contributed by atoms with Gasteiger partial charge in [0.2, 0.25) is 0 Å². The number of rotatable bonds is 7. The Labute approximate surface area is 208 Å². The van der Waals surface area contributed by atoms with Gasteiger partial charge in [-0.2, -0.15) is 0 Å². The minimum Gasteiger partial charge on any atom is -0.392 e. The van der Waals surface area contributed by atoms with Crippen LogP contribution >= 0.6 is 0 Å². The van der Waals surface area contributed by atoms with E-state index in [0.717, 1.165) is 42.7 Å². The van der Waals surface area contributed by atoms with Crippen LogP contribution in [0.15, 0.2) is 48.5 Å². The van der Waals surface area contributed by atoms with Crippen molar-refractivity contribution in [3.8, 4) is 0 Å². The van der Waals surface area contributed by atoms with Gasteiger partial charge >= 0.3 is 6.03 Å². The molecule has 2 fully saturated rings. The number of carbonyl (C=O) groups excluding carboxylic acids is 1. The fraction of sp³-hybridized carbons (Fsp3) is 0.536. The van der Waals surface area contributed by atoms with Crippen molar-refractivity contribution in [3.63, 3.8) is 0 Å². The molecule has 1 unspecified atom stereocenters. The first kappa shape index (κ1) is 25.6. The van der Waals surface area contributed by atoms with Crippen LogP contribution in [0, 0.1) is 0 Å². The number of anilines is 1. The summed E-state index contributed by atoms with van der Waals surface area (Å²) in [6, 6.07) is 15.4. The van der Waals surface area contributed by atoms with Crippen LogP contribution in [0.2, 0.25) is 0 Å². The highest BCUT2D eigenvalue weighted by atomic mass is 16.7. The second kappa shape index (κ2) is 13.0. The fourth-order valence-corrected chi connectivity index (χ4v) is 4.92. The summed E-state index contributed by atoms with van der Waals surface area (Å²) in [6.07, 6.45) is 6.62. The highest BCUT2D eigenvalue weighted by Gasteiger charge is 2.33. The van der Waals surface area contributed by atoms with Gasteiger partial charge in [0.15, 0.2) is 6.29 Å². The van der Waals surface area contributed by atoms with Crippen molar-refractivity contribution in [2.45, 2.75) is 70.6 Å². The third-order valence-electron chi connectivity index (χ3n) is 6.78. The highest BCUT2D eigenvalue weighted by molar-refractivity contribution is 5.89. The average Bonchev–Trinajstić information content (AvgIpc) is 2.86. The molecule has 2 aliphatic heterocycles. The standard InChI is InChI=1S/C28H39N3O4/c1-2-29-28(33)30-24-10-8-9-23(17-24)27-34-25(19-31-15-6-4-3-5-7-16-31)18-26(35-27)22-13-11-21(20-32)12-14-22/h8-14,17,25-27,32H,2-7,15-16,18-20H2,1H3,(H2,29,30,33)/t25-,26+,27?/m0/s1. The number of hydrogen-bond donors (Lipinski definition) is 3. The number of nitrogens with one attached hydrogen (secondary N) is 2. The Morgan fingerprint density at radius 3 is 2.46 bits per heavy atom. The average molecular weight is 482 g/mol. The summed E-state index contributed by atoms with van der Waals surface area (Å²) in [4.78, 5) is 14.6. The predicted molar refractivity (Wildman–Crippen MR) is 137 cm³/mol. The van der Waals surface area contributed by atoms with Crippen molar-refractivity contribution in [1.29, 1.82) is 0 Å². The molecule has 0 aromatic heterocycles. The SMILES string of the molecule is CCNC(=O)Nc1cccc(C2O[C@H](CN3CCCCCCC3)C[C@H](c3ccc(CO)cc3)O2)c1. The number of aliphatic hydroxyl groups is 1. The molecule has 0 bridgehead atoms. The van der Waals surface area contributed by atoms with Gasteiger partial charge in [0.1, 0.15) is 0 Å². The van der Waals surface area contributed by atoms with Gasteiger partial charge in [-0.1, -0.05) is 55.7 Å². The van der Waals surface area contributed by atoms with Gasteiger partial charge in [-0.05, 0) is 56.1 Å². The highest BCUT2D eigenvalue weighted by Crippen LogP contribution is 2.38. The second-order valence-corrected chi connectivity index (χ2v) is 9.53. The van der Waals surface area contributed by atoms with E-state index in [1.165, 1.54) is 32.1 Å². The number of benzene rings is 2. The number of ether oxygens (including phenoxy) is 2. The van der Waals surface area contributed by atoms with E-state index in [9.17, 15) is 9.90 Å². The molecule has 2 aromatic rings. The normalized spacial score (nSPS) is 23.8. The molecule has 35 heavy (non-hydrogen) atoms. The Morgan fingerprint density at radius 1 is 1.00 bits per heavy atom. The Morgan fingerprint density at radius 2 is 1.74 bits per heavy atom. The van der Waals surface area contributed by atoms with E-state index in [2.05, 4.69) is 15.5 Å². The summed E-state index contributed by atoms with van der Waals surface area (Å²) < 4.78 is 13.0. The summed E-state index contributed by atoms with van der Waals surface area (Å²) in [7, 11) is 0. The van der Waals surface area contributed by atoms with Crippen molar-refractivity contribution in [2.75, 3.05) is 31.5 Å². The van der Waals surface area contributed by atoms with E-state index in [-0.39, 0.29) is 24.8 Å². The molecule has 7 heteroatoms. The monoisotopic (exact) mass is 481 g/mol. The molecule has 0 spiro atoms. The summed E-state index contributed by atoms with van der Waals surface area (Å²) in [5, 5.41) is 15.1. The van der Waals surface area contributed by atoms with Gasteiger partial charge in [0, 0.05) is 30.8 Å². The minimum absolute atomic E-state index is 0.0283. The van der Waals surface area contributed by atoms with Crippen LogP contribution in [0.5, 0.6) is 0 Å². The van der Waals surface area contributed by atoms with Crippen molar-refractivity contribution >= 4 is 11.7 Å². The maximum absolute atomic E-state index is 12.0. The molecular weight excluding hydrogens is 442 g/mol. The van der Waals surface area contributed by atoms with Crippen molar-refractivity contribution in [3.05, 3.63) is 65.2 Å². The first-order valence-electron chi connectivity index (χ1n) is 13.0. The number of urea groups is 1. The molecule has 2 heterocycles. The number of nitrogens with zero attached hydrogens (tertiary/aromatic N) is 1. The molecular formula is C28H39N3O4. The minimum atomic E-state index is -0.526. The van der Waals surface area contributed by atoms with Crippen LogP contribution in [-0.4, -0.2) is 48.3 Å². The van der Waals surface area contributed by atoms with Crippen LogP contribution < -0.4 is 10.6 Å². The molecule has 2 aromatic carbocycles. The van der Waals surface area contributed by atoms with Crippen molar-refractivity contribution < 1.29 is 19.4 Å². The molecule has 0 aliphatic carbocycles. The lowest BCUT2D eigenvalue weighted by atomic mass is 9.99. The van der Waals surface area contributed by atoms with E-state index >= 15 is 0 Å². The Balaban J connectivity index is 1.52. The topological polar surface area (TPSA) is 83.1 Å². The van der Waals surface area contributed by atoms with Crippen molar-refractivity contribution in [2.24, 2.45) is 0 Å². The zero-order valence-corrected chi connectivity index (χ0v) is 20.7. The molecule has 3 N–H and O–H groups in total. The van der Waals surface area contributed by atoms with Crippen LogP contribution in [0.3, 0.4) is 0 Å². The van der Waals surface area contributed by atoms with E-state index < -0.39 is 6.29 Å². The van der Waals surface area contributed by atoms with Crippen LogP contribution in [0.4, 0.5) is 10.5 Å². The molecule has 3 atom stereocenters. The number of amides is 2. The fourth-order valence-electron chi connectivity index (χ4n) is 4.92. The second-order valence-electron chi connectivity index (χ2n) is 9.53. The predicted octanol–water partition coefficient (Wildman–Crippen LogP) is 5.13. The molecule has 4 rings (SSSR count). The molecule has 0 radical (unpaired) electrons. The van der Waals surface area contributed by atoms with Gasteiger partial charge in [0.25, 0.3) is 0 Å². The lowest BCUT2D eigenvalue weighted by Crippen LogP contribution is -2.40. The maximum Gasteiger partial charge on any atom is 0.319 e. The Bertz CT molecular complexity index is 928. The first-order chi connectivity index (χ1) is 17.1. The summed E-state index contributed by atoms with van der Waals surface area (Å²) in [5.41, 5.74) is 3.56. The number of likely N-dealkylation sites (tertiary alicyclic amines) is 1. The van der Waals surface area contributed by atoms with E-state index in [0.29, 0.717) is 12.2 Å². The lowest BCUT2D eigenvalue weighted by molar-refractivity contribution is -0.253. The smallest absolute Gasteiger partial charge is 0.319 e. The molecule has 2 amide bonds. The summed E-state index contributed by atoms with van der Waals surface area (Å²) in [5.74, 6) is 0. The van der Waals surface area contributed by atoms with Crippen LogP contribution in [-0.2, 0) is 16.1 Å². The maximum atomic E-state index is 12.0. The van der Waals surface area contributed by atoms with E-state index in [1.54, 1.807) is 0 Å². The molecule has 2 saturated heterocycles. The zero-order chi connectivity index (χ0) is 24.5.